The van der Waals surface area contributed by atoms with Crippen LogP contribution in [0.5, 0.6) is 0 Å². The average molecular weight is 204 g/mol. The average Bonchev–Trinajstić information content (AvgIpc) is 2.27. The van der Waals surface area contributed by atoms with E-state index in [1.165, 1.54) is 0 Å². The van der Waals surface area contributed by atoms with Gasteiger partial charge in [-0.15, -0.1) is 6.58 Å². The second kappa shape index (κ2) is 6.02. The maximum Gasteiger partial charge on any atom is 0.306 e. The Balaban J connectivity index is 2.65. The predicted molar refractivity (Wildman–Crippen MR) is 60.6 cm³/mol. The Labute approximate surface area is 90.6 Å². The molecule has 0 fully saturated rings. The Morgan fingerprint density at radius 2 is 2.13 bits per heavy atom. The number of hydrogen-bond acceptors (Lipinski definition) is 2. The van der Waals surface area contributed by atoms with Gasteiger partial charge in [-0.3, -0.25) is 4.79 Å². The number of rotatable bonds is 5. The molecule has 1 rings (SSSR count). The van der Waals surface area contributed by atoms with Gasteiger partial charge in [0.05, 0.1) is 13.0 Å². The van der Waals surface area contributed by atoms with Crippen molar-refractivity contribution in [3.05, 3.63) is 48.6 Å². The summed E-state index contributed by atoms with van der Waals surface area (Å²) in [6.45, 7) is 5.98. The lowest BCUT2D eigenvalue weighted by Gasteiger charge is -2.11. The molecule has 0 aliphatic carbocycles. The third-order valence-electron chi connectivity index (χ3n) is 2.20. The number of ether oxygens (including phenoxy) is 1. The van der Waals surface area contributed by atoms with Crippen molar-refractivity contribution in [2.75, 3.05) is 6.61 Å². The number of hydrogen-bond donors (Lipinski definition) is 0. The van der Waals surface area contributed by atoms with Gasteiger partial charge in [0.2, 0.25) is 0 Å². The summed E-state index contributed by atoms with van der Waals surface area (Å²) in [5.41, 5.74) is 1.10. The van der Waals surface area contributed by atoms with Crippen LogP contribution < -0.4 is 0 Å². The molecule has 0 aliphatic rings. The van der Waals surface area contributed by atoms with Crippen molar-refractivity contribution in [3.8, 4) is 0 Å². The Bertz CT molecular complexity index is 317. The van der Waals surface area contributed by atoms with Gasteiger partial charge in [-0.1, -0.05) is 36.4 Å². The van der Waals surface area contributed by atoms with Crippen LogP contribution in [0.15, 0.2) is 43.0 Å². The Hall–Kier alpha value is -1.57. The molecule has 0 saturated heterocycles. The van der Waals surface area contributed by atoms with Crippen LogP contribution in [0.2, 0.25) is 0 Å². The summed E-state index contributed by atoms with van der Waals surface area (Å²) in [7, 11) is 0. The van der Waals surface area contributed by atoms with E-state index in [4.69, 9.17) is 4.74 Å². The van der Waals surface area contributed by atoms with E-state index in [9.17, 15) is 4.79 Å². The zero-order valence-electron chi connectivity index (χ0n) is 8.98. The third kappa shape index (κ3) is 3.58. The molecule has 0 unspecified atom stereocenters. The molecule has 2 nitrogen and oxygen atoms in total. The second-order valence-corrected chi connectivity index (χ2v) is 3.26. The summed E-state index contributed by atoms with van der Waals surface area (Å²) in [6.07, 6.45) is 2.15. The van der Waals surface area contributed by atoms with Crippen LogP contribution >= 0.6 is 0 Å². The first-order valence-corrected chi connectivity index (χ1v) is 5.11. The fourth-order valence-corrected chi connectivity index (χ4v) is 1.44. The molecule has 0 aliphatic heterocycles. The maximum absolute atomic E-state index is 11.3. The van der Waals surface area contributed by atoms with Gasteiger partial charge in [-0.2, -0.15) is 0 Å². The largest absolute Gasteiger partial charge is 0.466 e. The highest BCUT2D eigenvalue weighted by Crippen LogP contribution is 2.20. The summed E-state index contributed by atoms with van der Waals surface area (Å²) in [5.74, 6) is -0.128. The number of allylic oxidation sites excluding steroid dienone is 1. The van der Waals surface area contributed by atoms with Gasteiger partial charge in [-0.05, 0) is 12.5 Å². The first-order chi connectivity index (χ1) is 7.27. The highest BCUT2D eigenvalue weighted by Gasteiger charge is 2.12. The third-order valence-corrected chi connectivity index (χ3v) is 2.20. The minimum absolute atomic E-state index is 0.0465. The van der Waals surface area contributed by atoms with E-state index in [0.717, 1.165) is 5.56 Å². The van der Waals surface area contributed by atoms with Crippen LogP contribution in [0.25, 0.3) is 0 Å². The van der Waals surface area contributed by atoms with Crippen molar-refractivity contribution in [1.29, 1.82) is 0 Å². The predicted octanol–water partition coefficient (Wildman–Crippen LogP) is 2.91. The summed E-state index contributed by atoms with van der Waals surface area (Å²) >= 11 is 0. The molecule has 1 aromatic rings. The van der Waals surface area contributed by atoms with E-state index in [2.05, 4.69) is 6.58 Å². The summed E-state index contributed by atoms with van der Waals surface area (Å²) < 4.78 is 4.91. The minimum atomic E-state index is -0.175. The Morgan fingerprint density at radius 1 is 1.47 bits per heavy atom. The minimum Gasteiger partial charge on any atom is -0.466 e. The van der Waals surface area contributed by atoms with Crippen LogP contribution in [0.4, 0.5) is 0 Å². The lowest BCUT2D eigenvalue weighted by molar-refractivity contribution is -0.143. The maximum atomic E-state index is 11.3. The summed E-state index contributed by atoms with van der Waals surface area (Å²) in [4.78, 5) is 11.3. The zero-order valence-corrected chi connectivity index (χ0v) is 8.98. The summed E-state index contributed by atoms with van der Waals surface area (Å²) in [6, 6.07) is 9.85. The zero-order chi connectivity index (χ0) is 11.1. The number of esters is 1. The molecule has 0 N–H and O–H groups in total. The van der Waals surface area contributed by atoms with Crippen molar-refractivity contribution in [1.82, 2.24) is 0 Å². The van der Waals surface area contributed by atoms with Gasteiger partial charge < -0.3 is 4.74 Å². The van der Waals surface area contributed by atoms with Gasteiger partial charge in [0.25, 0.3) is 0 Å². The molecular formula is C13H16O2. The van der Waals surface area contributed by atoms with Crippen LogP contribution in [0.3, 0.4) is 0 Å². The van der Waals surface area contributed by atoms with Crippen LogP contribution in [-0.2, 0) is 9.53 Å². The first kappa shape index (κ1) is 11.5. The van der Waals surface area contributed by atoms with Crippen molar-refractivity contribution in [3.63, 3.8) is 0 Å². The van der Waals surface area contributed by atoms with Crippen molar-refractivity contribution >= 4 is 5.97 Å². The van der Waals surface area contributed by atoms with Crippen LogP contribution in [0, 0.1) is 0 Å². The normalized spacial score (nSPS) is 11.8. The fraction of sp³-hybridized carbons (Fsp3) is 0.308. The standard InChI is InChI=1S/C13H16O2/c1-3-11(10-13(14)15-4-2)12-8-6-5-7-9-12/h3,5-9,11H,1,4,10H2,2H3/t11-/m0/s1. The topological polar surface area (TPSA) is 26.3 Å². The van der Waals surface area contributed by atoms with Gasteiger partial charge in [0.1, 0.15) is 0 Å². The fourth-order valence-electron chi connectivity index (χ4n) is 1.44. The Kier molecular flexibility index (Phi) is 4.61. The van der Waals surface area contributed by atoms with E-state index in [1.54, 1.807) is 6.08 Å². The van der Waals surface area contributed by atoms with Crippen LogP contribution in [0.1, 0.15) is 24.8 Å². The first-order valence-electron chi connectivity index (χ1n) is 5.11. The van der Waals surface area contributed by atoms with E-state index in [0.29, 0.717) is 13.0 Å². The van der Waals surface area contributed by atoms with Crippen molar-refractivity contribution in [2.45, 2.75) is 19.3 Å². The quantitative estimate of drug-likeness (QED) is 0.544. The molecule has 0 heterocycles. The molecular weight excluding hydrogens is 188 g/mol. The van der Waals surface area contributed by atoms with Crippen molar-refractivity contribution < 1.29 is 9.53 Å². The lowest BCUT2D eigenvalue weighted by Crippen LogP contribution is -2.08. The van der Waals surface area contributed by atoms with Crippen molar-refractivity contribution in [2.24, 2.45) is 0 Å². The van der Waals surface area contributed by atoms with E-state index in [1.807, 2.05) is 37.3 Å². The molecule has 0 bridgehead atoms. The molecule has 0 saturated carbocycles. The smallest absolute Gasteiger partial charge is 0.306 e. The molecule has 1 atom stereocenters. The molecule has 0 spiro atoms. The molecule has 0 aromatic heterocycles. The highest BCUT2D eigenvalue weighted by molar-refractivity contribution is 5.71. The molecule has 1 aromatic carbocycles. The monoisotopic (exact) mass is 204 g/mol. The number of carbonyl (C=O) groups excluding carboxylic acids is 1. The summed E-state index contributed by atoms with van der Waals surface area (Å²) in [5, 5.41) is 0. The molecule has 15 heavy (non-hydrogen) atoms. The van der Waals surface area contributed by atoms with E-state index < -0.39 is 0 Å². The van der Waals surface area contributed by atoms with E-state index >= 15 is 0 Å². The highest BCUT2D eigenvalue weighted by atomic mass is 16.5. The molecule has 0 radical (unpaired) electrons. The Morgan fingerprint density at radius 3 is 2.67 bits per heavy atom. The number of benzene rings is 1. The molecule has 0 amide bonds. The van der Waals surface area contributed by atoms with Gasteiger partial charge in [0, 0.05) is 5.92 Å². The van der Waals surface area contributed by atoms with Gasteiger partial charge in [0.15, 0.2) is 0 Å². The lowest BCUT2D eigenvalue weighted by atomic mass is 9.96. The van der Waals surface area contributed by atoms with Gasteiger partial charge >= 0.3 is 5.97 Å². The second-order valence-electron chi connectivity index (χ2n) is 3.26. The molecule has 2 heteroatoms. The van der Waals surface area contributed by atoms with E-state index in [-0.39, 0.29) is 11.9 Å². The van der Waals surface area contributed by atoms with Crippen LogP contribution in [-0.4, -0.2) is 12.6 Å². The van der Waals surface area contributed by atoms with Gasteiger partial charge in [-0.25, -0.2) is 0 Å². The number of carbonyl (C=O) groups is 1. The SMILES string of the molecule is C=C[C@@H](CC(=O)OCC)c1ccccc1. The molecule has 80 valence electrons.